The van der Waals surface area contributed by atoms with E-state index in [1.54, 1.807) is 12.3 Å². The molecule has 0 unspecified atom stereocenters. The second-order valence-electron chi connectivity index (χ2n) is 5.40. The normalized spacial score (nSPS) is 10.8. The van der Waals surface area contributed by atoms with Gasteiger partial charge in [0, 0.05) is 17.9 Å². The van der Waals surface area contributed by atoms with Gasteiger partial charge in [-0.2, -0.15) is 5.10 Å². The standard InChI is InChI=1S/C19H16IN3O3S/c1-12(24)26-18-15(20)8-13(9-17(18)25-2)10-21-23-19-22-16(11-27-19)14-6-4-3-5-7-14/h3-11H,1-2H3,(H,22,23). The molecule has 3 rings (SSSR count). The second-order valence-corrected chi connectivity index (χ2v) is 7.42. The van der Waals surface area contributed by atoms with Crippen molar-refractivity contribution in [2.75, 3.05) is 12.5 Å². The van der Waals surface area contributed by atoms with Crippen LogP contribution < -0.4 is 14.9 Å². The molecule has 1 aromatic heterocycles. The number of thiazole rings is 1. The first-order valence-electron chi connectivity index (χ1n) is 7.93. The van der Waals surface area contributed by atoms with Crippen molar-refractivity contribution in [1.82, 2.24) is 4.98 Å². The van der Waals surface area contributed by atoms with Crippen molar-refractivity contribution in [3.8, 4) is 22.8 Å². The maximum absolute atomic E-state index is 11.2. The molecule has 0 radical (unpaired) electrons. The van der Waals surface area contributed by atoms with E-state index in [9.17, 15) is 4.79 Å². The number of halogens is 1. The summed E-state index contributed by atoms with van der Waals surface area (Å²) < 4.78 is 11.3. The highest BCUT2D eigenvalue weighted by atomic mass is 127. The first-order valence-corrected chi connectivity index (χ1v) is 9.88. The number of esters is 1. The Morgan fingerprint density at radius 2 is 2.07 bits per heavy atom. The summed E-state index contributed by atoms with van der Waals surface area (Å²) in [7, 11) is 1.53. The molecule has 0 atom stereocenters. The maximum atomic E-state index is 11.2. The van der Waals surface area contributed by atoms with Gasteiger partial charge in [-0.1, -0.05) is 30.3 Å². The molecule has 27 heavy (non-hydrogen) atoms. The van der Waals surface area contributed by atoms with E-state index in [1.807, 2.05) is 41.8 Å². The lowest BCUT2D eigenvalue weighted by Gasteiger charge is -2.10. The fraction of sp³-hybridized carbons (Fsp3) is 0.105. The monoisotopic (exact) mass is 493 g/mol. The molecule has 138 valence electrons. The lowest BCUT2D eigenvalue weighted by molar-refractivity contribution is -0.132. The van der Waals surface area contributed by atoms with Gasteiger partial charge >= 0.3 is 5.97 Å². The number of nitrogens with zero attached hydrogens (tertiary/aromatic N) is 2. The van der Waals surface area contributed by atoms with Crippen LogP contribution in [-0.2, 0) is 4.79 Å². The summed E-state index contributed by atoms with van der Waals surface area (Å²) in [6, 6.07) is 13.6. The van der Waals surface area contributed by atoms with Crippen LogP contribution in [0.15, 0.2) is 52.9 Å². The molecule has 0 saturated carbocycles. The average molecular weight is 493 g/mol. The van der Waals surface area contributed by atoms with Crippen LogP contribution in [0, 0.1) is 3.57 Å². The Hall–Kier alpha value is -2.46. The van der Waals surface area contributed by atoms with Crippen LogP contribution in [0.3, 0.4) is 0 Å². The quantitative estimate of drug-likeness (QED) is 0.176. The van der Waals surface area contributed by atoms with Gasteiger partial charge in [-0.3, -0.25) is 10.2 Å². The summed E-state index contributed by atoms with van der Waals surface area (Å²) in [6.07, 6.45) is 1.66. The summed E-state index contributed by atoms with van der Waals surface area (Å²) >= 11 is 3.57. The summed E-state index contributed by atoms with van der Waals surface area (Å²) in [5, 5.41) is 6.91. The molecule has 1 N–H and O–H groups in total. The summed E-state index contributed by atoms with van der Waals surface area (Å²) in [6.45, 7) is 1.35. The number of hydrogen-bond donors (Lipinski definition) is 1. The highest BCUT2D eigenvalue weighted by Gasteiger charge is 2.13. The third-order valence-electron chi connectivity index (χ3n) is 3.45. The molecule has 0 aliphatic rings. The van der Waals surface area contributed by atoms with Crippen molar-refractivity contribution in [1.29, 1.82) is 0 Å². The van der Waals surface area contributed by atoms with Crippen LogP contribution in [0.25, 0.3) is 11.3 Å². The van der Waals surface area contributed by atoms with Crippen molar-refractivity contribution < 1.29 is 14.3 Å². The SMILES string of the molecule is COc1cc(C=NNc2nc(-c3ccccc3)cs2)cc(I)c1OC(C)=O. The molecule has 1 heterocycles. The number of carbonyl (C=O) groups excluding carboxylic acids is 1. The molecule has 0 bridgehead atoms. The van der Waals surface area contributed by atoms with E-state index in [0.29, 0.717) is 16.6 Å². The van der Waals surface area contributed by atoms with E-state index in [-0.39, 0.29) is 0 Å². The van der Waals surface area contributed by atoms with Gasteiger partial charge in [-0.05, 0) is 40.3 Å². The number of rotatable bonds is 6. The molecule has 0 aliphatic carbocycles. The number of benzene rings is 2. The first kappa shape index (κ1) is 19.3. The number of nitrogens with one attached hydrogen (secondary N) is 1. The van der Waals surface area contributed by atoms with E-state index in [2.05, 4.69) is 38.1 Å². The molecule has 6 nitrogen and oxygen atoms in total. The predicted molar refractivity (Wildman–Crippen MR) is 116 cm³/mol. The second kappa shape index (κ2) is 8.96. The van der Waals surface area contributed by atoms with Gasteiger partial charge in [0.15, 0.2) is 11.5 Å². The molecule has 8 heteroatoms. The van der Waals surface area contributed by atoms with Crippen LogP contribution in [0.1, 0.15) is 12.5 Å². The minimum atomic E-state index is -0.396. The zero-order chi connectivity index (χ0) is 19.2. The van der Waals surface area contributed by atoms with Gasteiger partial charge in [-0.25, -0.2) is 4.98 Å². The Bertz CT molecular complexity index is 974. The van der Waals surface area contributed by atoms with E-state index in [1.165, 1.54) is 25.4 Å². The average Bonchev–Trinajstić information content (AvgIpc) is 3.13. The number of ether oxygens (including phenoxy) is 2. The fourth-order valence-electron chi connectivity index (χ4n) is 2.29. The van der Waals surface area contributed by atoms with Crippen LogP contribution in [-0.4, -0.2) is 24.3 Å². The minimum Gasteiger partial charge on any atom is -0.493 e. The smallest absolute Gasteiger partial charge is 0.308 e. The third-order valence-corrected chi connectivity index (χ3v) is 4.99. The van der Waals surface area contributed by atoms with Gasteiger partial charge in [0.1, 0.15) is 0 Å². The highest BCUT2D eigenvalue weighted by molar-refractivity contribution is 14.1. The van der Waals surface area contributed by atoms with Crippen LogP contribution in [0.5, 0.6) is 11.5 Å². The van der Waals surface area contributed by atoms with Crippen LogP contribution in [0.4, 0.5) is 5.13 Å². The first-order chi connectivity index (χ1) is 13.1. The Morgan fingerprint density at radius 3 is 2.78 bits per heavy atom. The number of anilines is 1. The predicted octanol–water partition coefficient (Wildman–Crippen LogP) is 4.79. The van der Waals surface area contributed by atoms with Gasteiger partial charge in [0.2, 0.25) is 5.13 Å². The van der Waals surface area contributed by atoms with Gasteiger partial charge < -0.3 is 9.47 Å². The molecule has 3 aromatic rings. The number of carbonyl (C=O) groups is 1. The topological polar surface area (TPSA) is 72.8 Å². The number of hydrogen-bond acceptors (Lipinski definition) is 7. The highest BCUT2D eigenvalue weighted by Crippen LogP contribution is 2.33. The molecule has 0 fully saturated rings. The molecule has 0 amide bonds. The maximum Gasteiger partial charge on any atom is 0.308 e. The Labute approximate surface area is 174 Å². The van der Waals surface area contributed by atoms with Crippen LogP contribution in [0.2, 0.25) is 0 Å². The van der Waals surface area contributed by atoms with Gasteiger partial charge in [0.05, 0.1) is 22.6 Å². The summed E-state index contributed by atoms with van der Waals surface area (Å²) in [4.78, 5) is 15.7. The Kier molecular flexibility index (Phi) is 6.40. The van der Waals surface area contributed by atoms with E-state index in [4.69, 9.17) is 9.47 Å². The number of aromatic nitrogens is 1. The minimum absolute atomic E-state index is 0.396. The fourth-order valence-corrected chi connectivity index (χ4v) is 3.69. The molecule has 0 saturated heterocycles. The van der Waals surface area contributed by atoms with Crippen LogP contribution >= 0.6 is 33.9 Å². The van der Waals surface area contributed by atoms with Crippen molar-refractivity contribution in [3.63, 3.8) is 0 Å². The third kappa shape index (κ3) is 5.04. The zero-order valence-electron chi connectivity index (χ0n) is 14.6. The zero-order valence-corrected chi connectivity index (χ0v) is 17.6. The number of hydrazone groups is 1. The van der Waals surface area contributed by atoms with Crippen molar-refractivity contribution in [2.45, 2.75) is 6.92 Å². The molecular formula is C19H16IN3O3S. The molecule has 2 aromatic carbocycles. The van der Waals surface area contributed by atoms with E-state index < -0.39 is 5.97 Å². The molecular weight excluding hydrogens is 477 g/mol. The van der Waals surface area contributed by atoms with Gasteiger partial charge in [-0.15, -0.1) is 11.3 Å². The van der Waals surface area contributed by atoms with E-state index in [0.717, 1.165) is 20.4 Å². The summed E-state index contributed by atoms with van der Waals surface area (Å²) in [5.74, 6) is 0.481. The van der Waals surface area contributed by atoms with E-state index >= 15 is 0 Å². The largest absolute Gasteiger partial charge is 0.493 e. The lowest BCUT2D eigenvalue weighted by Crippen LogP contribution is -2.05. The lowest BCUT2D eigenvalue weighted by atomic mass is 10.2. The van der Waals surface area contributed by atoms with Crippen molar-refractivity contribution in [3.05, 3.63) is 57.0 Å². The molecule has 0 aliphatic heterocycles. The number of methoxy groups -OCH3 is 1. The van der Waals surface area contributed by atoms with Crippen molar-refractivity contribution in [2.24, 2.45) is 5.10 Å². The summed E-state index contributed by atoms with van der Waals surface area (Å²) in [5.41, 5.74) is 5.70. The Morgan fingerprint density at radius 1 is 1.30 bits per heavy atom. The van der Waals surface area contributed by atoms with Gasteiger partial charge in [0.25, 0.3) is 0 Å². The Balaban J connectivity index is 1.72. The van der Waals surface area contributed by atoms with Crippen molar-refractivity contribution >= 4 is 51.2 Å². The molecule has 0 spiro atoms.